The molecule has 1 aliphatic rings. The van der Waals surface area contributed by atoms with Gasteiger partial charge < -0.3 is 15.0 Å². The third kappa shape index (κ3) is 2.95. The van der Waals surface area contributed by atoms with E-state index in [1.807, 2.05) is 6.92 Å². The number of rotatable bonds is 4. The average Bonchev–Trinajstić information content (AvgIpc) is 2.89. The molecule has 2 atom stereocenters. The summed E-state index contributed by atoms with van der Waals surface area (Å²) in [4.78, 5) is 25.1. The van der Waals surface area contributed by atoms with Crippen molar-refractivity contribution in [2.45, 2.75) is 38.3 Å². The molecule has 1 aromatic rings. The number of aromatic nitrogens is 1. The molecule has 0 aromatic carbocycles. The second-order valence-electron chi connectivity index (χ2n) is 4.07. The number of hydrogen-bond acceptors (Lipinski definition) is 4. The summed E-state index contributed by atoms with van der Waals surface area (Å²) >= 11 is 0.999. The highest BCUT2D eigenvalue weighted by atomic mass is 32.1. The summed E-state index contributed by atoms with van der Waals surface area (Å²) in [6.45, 7) is 2.61. The van der Waals surface area contributed by atoms with Crippen molar-refractivity contribution in [1.29, 1.82) is 0 Å². The van der Waals surface area contributed by atoms with Crippen LogP contribution in [-0.2, 0) is 4.74 Å². The van der Waals surface area contributed by atoms with Crippen LogP contribution in [0.25, 0.3) is 0 Å². The molecule has 0 unspecified atom stereocenters. The second kappa shape index (κ2) is 5.46. The fraction of sp³-hybridized carbons (Fsp3) is 0.636. The molecule has 2 N–H and O–H groups in total. The number of H-pyrrole nitrogens is 1. The molecule has 6 heteroatoms. The lowest BCUT2D eigenvalue weighted by molar-refractivity contribution is 0.0459. The van der Waals surface area contributed by atoms with Crippen LogP contribution in [0, 0.1) is 0 Å². The van der Waals surface area contributed by atoms with Gasteiger partial charge in [0, 0.05) is 12.0 Å². The number of nitrogens with one attached hydrogen (secondary N) is 2. The van der Waals surface area contributed by atoms with Gasteiger partial charge in [-0.3, -0.25) is 9.59 Å². The fourth-order valence-electron chi connectivity index (χ4n) is 2.14. The zero-order valence-electron chi connectivity index (χ0n) is 9.69. The first-order chi connectivity index (χ1) is 8.20. The van der Waals surface area contributed by atoms with Gasteiger partial charge in [-0.25, -0.2) is 0 Å². The Morgan fingerprint density at radius 1 is 1.65 bits per heavy atom. The molecule has 2 rings (SSSR count). The molecule has 5 nitrogen and oxygen atoms in total. The first-order valence-corrected chi connectivity index (χ1v) is 6.69. The number of carbonyl (C=O) groups excluding carboxylic acids is 1. The van der Waals surface area contributed by atoms with Crippen LogP contribution in [0.2, 0.25) is 0 Å². The fourth-order valence-corrected chi connectivity index (χ4v) is 2.70. The van der Waals surface area contributed by atoms with Gasteiger partial charge in [-0.2, -0.15) is 0 Å². The Labute approximate surface area is 103 Å². The molecule has 1 amide bonds. The van der Waals surface area contributed by atoms with Crippen molar-refractivity contribution in [3.05, 3.63) is 20.7 Å². The summed E-state index contributed by atoms with van der Waals surface area (Å²) in [5, 5.41) is 4.46. The Balaban J connectivity index is 1.96. The number of hydrogen-bond donors (Lipinski definition) is 2. The van der Waals surface area contributed by atoms with Gasteiger partial charge in [-0.15, -0.1) is 0 Å². The van der Waals surface area contributed by atoms with Crippen LogP contribution in [0.1, 0.15) is 36.7 Å². The van der Waals surface area contributed by atoms with Gasteiger partial charge in [0.15, 0.2) is 0 Å². The van der Waals surface area contributed by atoms with Gasteiger partial charge in [0.25, 0.3) is 5.91 Å². The quantitative estimate of drug-likeness (QED) is 0.848. The Kier molecular flexibility index (Phi) is 3.96. The monoisotopic (exact) mass is 256 g/mol. The summed E-state index contributed by atoms with van der Waals surface area (Å²) in [5.41, 5.74) is 0.335. The van der Waals surface area contributed by atoms with Crippen LogP contribution in [0.5, 0.6) is 0 Å². The maximum absolute atomic E-state index is 11.8. The SMILES string of the molecule is CCO[C@@H]1CCC[C@H]1NC(=O)c1csc(=O)[nH]1. The van der Waals surface area contributed by atoms with E-state index in [4.69, 9.17) is 4.74 Å². The molecule has 0 bridgehead atoms. The van der Waals surface area contributed by atoms with E-state index < -0.39 is 0 Å². The zero-order valence-corrected chi connectivity index (χ0v) is 10.5. The van der Waals surface area contributed by atoms with Crippen LogP contribution in [0.15, 0.2) is 10.2 Å². The molecule has 1 saturated carbocycles. The maximum atomic E-state index is 11.8. The number of carbonyl (C=O) groups is 1. The Morgan fingerprint density at radius 3 is 3.12 bits per heavy atom. The molecule has 1 fully saturated rings. The van der Waals surface area contributed by atoms with Gasteiger partial charge in [0.05, 0.1) is 12.1 Å². The Bertz CT molecular complexity index is 440. The van der Waals surface area contributed by atoms with Crippen molar-refractivity contribution >= 4 is 17.2 Å². The largest absolute Gasteiger partial charge is 0.376 e. The van der Waals surface area contributed by atoms with Crippen molar-refractivity contribution in [3.8, 4) is 0 Å². The minimum absolute atomic E-state index is 0.0610. The molecule has 0 aliphatic heterocycles. The minimum atomic E-state index is -0.222. The van der Waals surface area contributed by atoms with E-state index in [1.165, 1.54) is 0 Å². The molecule has 1 aliphatic carbocycles. The summed E-state index contributed by atoms with van der Waals surface area (Å²) < 4.78 is 5.57. The Morgan fingerprint density at radius 2 is 2.47 bits per heavy atom. The third-order valence-electron chi connectivity index (χ3n) is 2.91. The third-order valence-corrected chi connectivity index (χ3v) is 3.58. The number of amides is 1. The number of aromatic amines is 1. The Hall–Kier alpha value is -1.14. The van der Waals surface area contributed by atoms with Crippen LogP contribution in [0.3, 0.4) is 0 Å². The summed E-state index contributed by atoms with van der Waals surface area (Å²) in [6, 6.07) is 0.0610. The molecule has 0 saturated heterocycles. The van der Waals surface area contributed by atoms with Crippen LogP contribution in [0.4, 0.5) is 0 Å². The van der Waals surface area contributed by atoms with Gasteiger partial charge in [-0.1, -0.05) is 11.3 Å². The average molecular weight is 256 g/mol. The molecule has 94 valence electrons. The van der Waals surface area contributed by atoms with Crippen molar-refractivity contribution in [3.63, 3.8) is 0 Å². The van der Waals surface area contributed by atoms with Crippen molar-refractivity contribution in [1.82, 2.24) is 10.3 Å². The summed E-state index contributed by atoms with van der Waals surface area (Å²) in [7, 11) is 0. The second-order valence-corrected chi connectivity index (χ2v) is 4.91. The number of thiazole rings is 1. The van der Waals surface area contributed by atoms with Crippen LogP contribution >= 0.6 is 11.3 Å². The molecule has 17 heavy (non-hydrogen) atoms. The van der Waals surface area contributed by atoms with E-state index in [2.05, 4.69) is 10.3 Å². The highest BCUT2D eigenvalue weighted by molar-refractivity contribution is 7.07. The summed E-state index contributed by atoms with van der Waals surface area (Å²) in [5.74, 6) is -0.222. The topological polar surface area (TPSA) is 71.2 Å². The van der Waals surface area contributed by atoms with Crippen molar-refractivity contribution in [2.24, 2.45) is 0 Å². The first kappa shape index (κ1) is 12.3. The van der Waals surface area contributed by atoms with Crippen LogP contribution in [-0.4, -0.2) is 29.6 Å². The highest BCUT2D eigenvalue weighted by Gasteiger charge is 2.29. The van der Waals surface area contributed by atoms with E-state index in [0.29, 0.717) is 12.3 Å². The lowest BCUT2D eigenvalue weighted by atomic mass is 10.2. The molecule has 0 spiro atoms. The van der Waals surface area contributed by atoms with E-state index in [-0.39, 0.29) is 22.9 Å². The lowest BCUT2D eigenvalue weighted by Gasteiger charge is -2.20. The maximum Gasteiger partial charge on any atom is 0.305 e. The van der Waals surface area contributed by atoms with Gasteiger partial charge in [0.1, 0.15) is 5.69 Å². The lowest BCUT2D eigenvalue weighted by Crippen LogP contribution is -2.41. The molecular weight excluding hydrogens is 240 g/mol. The van der Waals surface area contributed by atoms with Gasteiger partial charge >= 0.3 is 4.87 Å². The van der Waals surface area contributed by atoms with Gasteiger partial charge in [-0.05, 0) is 26.2 Å². The molecule has 1 heterocycles. The van der Waals surface area contributed by atoms with Gasteiger partial charge in [0.2, 0.25) is 0 Å². The number of ether oxygens (including phenoxy) is 1. The van der Waals surface area contributed by atoms with Crippen LogP contribution < -0.4 is 10.2 Å². The molecule has 0 radical (unpaired) electrons. The first-order valence-electron chi connectivity index (χ1n) is 5.81. The van der Waals surface area contributed by atoms with Crippen molar-refractivity contribution < 1.29 is 9.53 Å². The standard InChI is InChI=1S/C11H16N2O3S/c1-2-16-9-5-3-4-7(9)12-10(14)8-6-17-11(15)13-8/h6-7,9H,2-5H2,1H3,(H,12,14)(H,13,15)/t7-,9-/m1/s1. The van der Waals surface area contributed by atoms with Crippen molar-refractivity contribution in [2.75, 3.05) is 6.61 Å². The van der Waals surface area contributed by atoms with E-state index >= 15 is 0 Å². The minimum Gasteiger partial charge on any atom is -0.376 e. The smallest absolute Gasteiger partial charge is 0.305 e. The van der Waals surface area contributed by atoms with E-state index in [1.54, 1.807) is 5.38 Å². The predicted molar refractivity (Wildman–Crippen MR) is 65.5 cm³/mol. The highest BCUT2D eigenvalue weighted by Crippen LogP contribution is 2.22. The predicted octanol–water partition coefficient (Wildman–Crippen LogP) is 1.12. The van der Waals surface area contributed by atoms with E-state index in [9.17, 15) is 9.59 Å². The molecular formula is C11H16N2O3S. The normalized spacial score (nSPS) is 23.8. The zero-order chi connectivity index (χ0) is 12.3. The van der Waals surface area contributed by atoms with E-state index in [0.717, 1.165) is 30.6 Å². The summed E-state index contributed by atoms with van der Waals surface area (Å²) in [6.07, 6.45) is 3.09. The molecule has 1 aromatic heterocycles.